The van der Waals surface area contributed by atoms with Crippen LogP contribution in [0.3, 0.4) is 0 Å². The van der Waals surface area contributed by atoms with Gasteiger partial charge in [-0.25, -0.2) is 4.98 Å². The third-order valence-electron chi connectivity index (χ3n) is 2.91. The lowest BCUT2D eigenvalue weighted by Gasteiger charge is -2.10. The van der Waals surface area contributed by atoms with Crippen molar-refractivity contribution in [3.63, 3.8) is 0 Å². The van der Waals surface area contributed by atoms with Crippen LogP contribution in [-0.4, -0.2) is 17.2 Å². The predicted molar refractivity (Wildman–Crippen MR) is 74.2 cm³/mol. The van der Waals surface area contributed by atoms with Gasteiger partial charge in [0.2, 0.25) is 0 Å². The topological polar surface area (TPSA) is 42.4 Å². The number of hydrogen-bond acceptors (Lipinski definition) is 4. The SMILES string of the molecule is COc1cc(C)cc(C)c1-c1nc(C)c(CO)s1. The average molecular weight is 263 g/mol. The fraction of sp³-hybridized carbons (Fsp3) is 0.357. The van der Waals surface area contributed by atoms with Gasteiger partial charge >= 0.3 is 0 Å². The minimum atomic E-state index is 0.0384. The number of nitrogens with zero attached hydrogens (tertiary/aromatic N) is 1. The van der Waals surface area contributed by atoms with E-state index in [1.807, 2.05) is 19.9 Å². The Morgan fingerprint density at radius 2 is 2.00 bits per heavy atom. The van der Waals surface area contributed by atoms with Crippen LogP contribution in [0.5, 0.6) is 5.75 Å². The van der Waals surface area contributed by atoms with Crippen molar-refractivity contribution in [2.24, 2.45) is 0 Å². The number of aryl methyl sites for hydroxylation is 3. The van der Waals surface area contributed by atoms with E-state index in [0.717, 1.165) is 32.5 Å². The summed E-state index contributed by atoms with van der Waals surface area (Å²) >= 11 is 1.52. The van der Waals surface area contributed by atoms with E-state index in [2.05, 4.69) is 18.0 Å². The summed E-state index contributed by atoms with van der Waals surface area (Å²) in [5.74, 6) is 0.839. The Morgan fingerprint density at radius 3 is 2.56 bits per heavy atom. The molecule has 1 aromatic heterocycles. The van der Waals surface area contributed by atoms with Gasteiger partial charge in [-0.3, -0.25) is 0 Å². The standard InChI is InChI=1S/C14H17NO2S/c1-8-5-9(2)13(11(6-8)17-4)14-15-10(3)12(7-16)18-14/h5-6,16H,7H2,1-4H3. The van der Waals surface area contributed by atoms with Crippen molar-refractivity contribution in [3.8, 4) is 16.3 Å². The molecule has 0 saturated heterocycles. The lowest BCUT2D eigenvalue weighted by Crippen LogP contribution is -1.92. The highest BCUT2D eigenvalue weighted by Gasteiger charge is 2.15. The first kappa shape index (κ1) is 13.1. The second-order valence-electron chi connectivity index (χ2n) is 4.34. The van der Waals surface area contributed by atoms with Crippen LogP contribution in [0.15, 0.2) is 12.1 Å². The summed E-state index contributed by atoms with van der Waals surface area (Å²) in [7, 11) is 1.67. The van der Waals surface area contributed by atoms with Gasteiger partial charge < -0.3 is 9.84 Å². The van der Waals surface area contributed by atoms with Gasteiger partial charge in [0.1, 0.15) is 10.8 Å². The molecule has 0 spiro atoms. The monoisotopic (exact) mass is 263 g/mol. The second kappa shape index (κ2) is 5.08. The number of methoxy groups -OCH3 is 1. The van der Waals surface area contributed by atoms with Gasteiger partial charge in [-0.1, -0.05) is 6.07 Å². The van der Waals surface area contributed by atoms with Crippen LogP contribution in [-0.2, 0) is 6.61 Å². The van der Waals surface area contributed by atoms with Crippen molar-refractivity contribution >= 4 is 11.3 Å². The maximum Gasteiger partial charge on any atom is 0.129 e. The van der Waals surface area contributed by atoms with Gasteiger partial charge in [0.05, 0.1) is 29.9 Å². The third-order valence-corrected chi connectivity index (χ3v) is 4.07. The molecule has 1 aromatic carbocycles. The van der Waals surface area contributed by atoms with E-state index in [-0.39, 0.29) is 6.61 Å². The Kier molecular flexibility index (Phi) is 3.68. The molecule has 96 valence electrons. The smallest absolute Gasteiger partial charge is 0.129 e. The van der Waals surface area contributed by atoms with Crippen molar-refractivity contribution in [3.05, 3.63) is 33.8 Å². The second-order valence-corrected chi connectivity index (χ2v) is 5.43. The zero-order valence-electron chi connectivity index (χ0n) is 11.1. The Hall–Kier alpha value is -1.39. The molecule has 0 saturated carbocycles. The Labute approximate surface area is 111 Å². The quantitative estimate of drug-likeness (QED) is 0.924. The molecule has 0 aliphatic carbocycles. The number of thiazole rings is 1. The minimum Gasteiger partial charge on any atom is -0.496 e. The van der Waals surface area contributed by atoms with Crippen LogP contribution in [0.25, 0.3) is 10.6 Å². The van der Waals surface area contributed by atoms with Crippen LogP contribution in [0.4, 0.5) is 0 Å². The van der Waals surface area contributed by atoms with Gasteiger partial charge in [-0.05, 0) is 38.0 Å². The predicted octanol–water partition coefficient (Wildman–Crippen LogP) is 3.24. The lowest BCUT2D eigenvalue weighted by atomic mass is 10.0. The number of aliphatic hydroxyl groups is 1. The minimum absolute atomic E-state index is 0.0384. The summed E-state index contributed by atoms with van der Waals surface area (Å²) in [4.78, 5) is 5.44. The number of aliphatic hydroxyl groups excluding tert-OH is 1. The first-order valence-corrected chi connectivity index (χ1v) is 6.61. The summed E-state index contributed by atoms with van der Waals surface area (Å²) in [6.07, 6.45) is 0. The maximum atomic E-state index is 9.26. The molecule has 0 aliphatic rings. The summed E-state index contributed by atoms with van der Waals surface area (Å²) in [5.41, 5.74) is 4.23. The zero-order valence-corrected chi connectivity index (χ0v) is 11.9. The van der Waals surface area contributed by atoms with Crippen LogP contribution in [0.1, 0.15) is 21.7 Å². The molecule has 0 unspecified atom stereocenters. The van der Waals surface area contributed by atoms with Crippen LogP contribution in [0, 0.1) is 20.8 Å². The molecular weight excluding hydrogens is 246 g/mol. The highest BCUT2D eigenvalue weighted by molar-refractivity contribution is 7.15. The van der Waals surface area contributed by atoms with E-state index in [9.17, 15) is 5.11 Å². The summed E-state index contributed by atoms with van der Waals surface area (Å²) in [6.45, 7) is 6.06. The number of ether oxygens (including phenoxy) is 1. The number of aromatic nitrogens is 1. The first-order valence-electron chi connectivity index (χ1n) is 5.79. The molecule has 0 amide bonds. The number of benzene rings is 1. The molecule has 4 heteroatoms. The summed E-state index contributed by atoms with van der Waals surface area (Å²) < 4.78 is 5.45. The van der Waals surface area contributed by atoms with Crippen molar-refractivity contribution in [1.82, 2.24) is 4.98 Å². The van der Waals surface area contributed by atoms with Gasteiger partial charge in [-0.15, -0.1) is 11.3 Å². The summed E-state index contributed by atoms with van der Waals surface area (Å²) in [6, 6.07) is 4.13. The Balaban J connectivity index is 2.62. The Morgan fingerprint density at radius 1 is 1.28 bits per heavy atom. The van der Waals surface area contributed by atoms with Crippen LogP contribution >= 0.6 is 11.3 Å². The number of hydrogen-bond donors (Lipinski definition) is 1. The fourth-order valence-corrected chi connectivity index (χ4v) is 3.08. The van der Waals surface area contributed by atoms with Crippen molar-refractivity contribution in [2.75, 3.05) is 7.11 Å². The highest BCUT2D eigenvalue weighted by atomic mass is 32.1. The Bertz CT molecular complexity index is 575. The van der Waals surface area contributed by atoms with Crippen molar-refractivity contribution in [2.45, 2.75) is 27.4 Å². The van der Waals surface area contributed by atoms with Gasteiger partial charge in [0.15, 0.2) is 0 Å². The van der Waals surface area contributed by atoms with Gasteiger partial charge in [0, 0.05) is 0 Å². The molecule has 0 bridgehead atoms. The summed E-state index contributed by atoms with van der Waals surface area (Å²) in [5, 5.41) is 10.2. The van der Waals surface area contributed by atoms with E-state index in [1.165, 1.54) is 16.9 Å². The molecule has 0 aliphatic heterocycles. The van der Waals surface area contributed by atoms with E-state index in [4.69, 9.17) is 4.74 Å². The zero-order chi connectivity index (χ0) is 13.3. The van der Waals surface area contributed by atoms with Gasteiger partial charge in [-0.2, -0.15) is 0 Å². The largest absolute Gasteiger partial charge is 0.496 e. The van der Waals surface area contributed by atoms with E-state index in [0.29, 0.717) is 0 Å². The molecule has 0 radical (unpaired) electrons. The molecule has 3 nitrogen and oxygen atoms in total. The van der Waals surface area contributed by atoms with E-state index < -0.39 is 0 Å². The molecule has 0 atom stereocenters. The highest BCUT2D eigenvalue weighted by Crippen LogP contribution is 2.37. The van der Waals surface area contributed by atoms with E-state index in [1.54, 1.807) is 7.11 Å². The molecular formula is C14H17NO2S. The normalized spacial score (nSPS) is 10.7. The molecule has 2 aromatic rings. The molecule has 0 fully saturated rings. The fourth-order valence-electron chi connectivity index (χ4n) is 2.05. The molecule has 1 N–H and O–H groups in total. The molecule has 2 rings (SSSR count). The van der Waals surface area contributed by atoms with Crippen molar-refractivity contribution in [1.29, 1.82) is 0 Å². The van der Waals surface area contributed by atoms with Crippen LogP contribution in [0.2, 0.25) is 0 Å². The maximum absolute atomic E-state index is 9.26. The molecule has 18 heavy (non-hydrogen) atoms. The van der Waals surface area contributed by atoms with Gasteiger partial charge in [0.25, 0.3) is 0 Å². The number of rotatable bonds is 3. The first-order chi connectivity index (χ1) is 8.56. The van der Waals surface area contributed by atoms with E-state index >= 15 is 0 Å². The van der Waals surface area contributed by atoms with Crippen molar-refractivity contribution < 1.29 is 9.84 Å². The lowest BCUT2D eigenvalue weighted by molar-refractivity contribution is 0.284. The van der Waals surface area contributed by atoms with Crippen LogP contribution < -0.4 is 4.74 Å². The third kappa shape index (κ3) is 2.26. The average Bonchev–Trinajstić information content (AvgIpc) is 2.68. The molecule has 1 heterocycles.